The third-order valence-electron chi connectivity index (χ3n) is 2.91. The van der Waals surface area contributed by atoms with Gasteiger partial charge < -0.3 is 4.74 Å². The maximum absolute atomic E-state index is 5.15. The SMILES string of the molecule is COc1ccc(CCc2[c]ccc(SC)c2)cc1. The molecule has 0 atom stereocenters. The van der Waals surface area contributed by atoms with Crippen molar-refractivity contribution in [2.45, 2.75) is 17.7 Å². The number of ether oxygens (including phenoxy) is 1. The molecule has 93 valence electrons. The van der Waals surface area contributed by atoms with Gasteiger partial charge in [0.25, 0.3) is 0 Å². The van der Waals surface area contributed by atoms with Crippen molar-refractivity contribution < 1.29 is 4.74 Å². The summed E-state index contributed by atoms with van der Waals surface area (Å²) in [5.41, 5.74) is 2.61. The van der Waals surface area contributed by atoms with E-state index in [9.17, 15) is 0 Å². The zero-order valence-corrected chi connectivity index (χ0v) is 11.6. The van der Waals surface area contributed by atoms with Crippen molar-refractivity contribution in [3.63, 3.8) is 0 Å². The van der Waals surface area contributed by atoms with Crippen molar-refractivity contribution in [2.24, 2.45) is 0 Å². The fraction of sp³-hybridized carbons (Fsp3) is 0.250. The normalized spacial score (nSPS) is 10.3. The van der Waals surface area contributed by atoms with Crippen LogP contribution >= 0.6 is 11.8 Å². The Morgan fingerprint density at radius 2 is 1.89 bits per heavy atom. The second-order valence-corrected chi connectivity index (χ2v) is 4.98. The van der Waals surface area contributed by atoms with E-state index in [4.69, 9.17) is 4.74 Å². The molecule has 0 N–H and O–H groups in total. The molecule has 0 saturated heterocycles. The lowest BCUT2D eigenvalue weighted by Crippen LogP contribution is -1.92. The van der Waals surface area contributed by atoms with Gasteiger partial charge in [0.1, 0.15) is 5.75 Å². The zero-order chi connectivity index (χ0) is 12.8. The van der Waals surface area contributed by atoms with E-state index in [0.29, 0.717) is 0 Å². The van der Waals surface area contributed by atoms with Crippen LogP contribution in [0.2, 0.25) is 0 Å². The fourth-order valence-electron chi connectivity index (χ4n) is 1.83. The van der Waals surface area contributed by atoms with Gasteiger partial charge in [-0.1, -0.05) is 18.2 Å². The first-order chi connectivity index (χ1) is 8.81. The van der Waals surface area contributed by atoms with Crippen LogP contribution in [-0.2, 0) is 12.8 Å². The molecular formula is C16H17OS. The Labute approximate surface area is 113 Å². The average molecular weight is 257 g/mol. The number of hydrogen-bond acceptors (Lipinski definition) is 2. The molecule has 2 aromatic carbocycles. The molecule has 1 radical (unpaired) electrons. The molecule has 0 fully saturated rings. The molecule has 0 aromatic heterocycles. The predicted octanol–water partition coefficient (Wildman–Crippen LogP) is 4.00. The molecule has 0 bridgehead atoms. The smallest absolute Gasteiger partial charge is 0.118 e. The summed E-state index contributed by atoms with van der Waals surface area (Å²) in [7, 11) is 1.69. The lowest BCUT2D eigenvalue weighted by molar-refractivity contribution is 0.414. The van der Waals surface area contributed by atoms with Crippen molar-refractivity contribution in [3.8, 4) is 5.75 Å². The lowest BCUT2D eigenvalue weighted by Gasteiger charge is -2.05. The monoisotopic (exact) mass is 257 g/mol. The molecule has 0 aliphatic carbocycles. The van der Waals surface area contributed by atoms with E-state index in [1.54, 1.807) is 18.9 Å². The molecule has 0 aliphatic heterocycles. The van der Waals surface area contributed by atoms with E-state index in [2.05, 4.69) is 36.6 Å². The van der Waals surface area contributed by atoms with Gasteiger partial charge in [0, 0.05) is 4.90 Å². The zero-order valence-electron chi connectivity index (χ0n) is 10.8. The second kappa shape index (κ2) is 6.50. The van der Waals surface area contributed by atoms with Crippen molar-refractivity contribution in [1.82, 2.24) is 0 Å². The number of thioether (sulfide) groups is 1. The van der Waals surface area contributed by atoms with Gasteiger partial charge in [0.15, 0.2) is 0 Å². The predicted molar refractivity (Wildman–Crippen MR) is 77.5 cm³/mol. The van der Waals surface area contributed by atoms with Gasteiger partial charge in [0.2, 0.25) is 0 Å². The van der Waals surface area contributed by atoms with E-state index in [-0.39, 0.29) is 0 Å². The molecule has 0 unspecified atom stereocenters. The minimum absolute atomic E-state index is 0.912. The topological polar surface area (TPSA) is 9.23 Å². The molecule has 0 spiro atoms. The molecule has 0 aliphatic rings. The average Bonchev–Trinajstić information content (AvgIpc) is 2.46. The summed E-state index contributed by atoms with van der Waals surface area (Å²) in [5.74, 6) is 0.912. The first-order valence-corrected chi connectivity index (χ1v) is 7.22. The van der Waals surface area contributed by atoms with Crippen LogP contribution in [0.4, 0.5) is 0 Å². The van der Waals surface area contributed by atoms with Crippen LogP contribution in [0.25, 0.3) is 0 Å². The molecule has 0 amide bonds. The largest absolute Gasteiger partial charge is 0.497 e. The van der Waals surface area contributed by atoms with Gasteiger partial charge in [-0.25, -0.2) is 0 Å². The summed E-state index contributed by atoms with van der Waals surface area (Å²) in [4.78, 5) is 1.30. The molecule has 0 heterocycles. The highest BCUT2D eigenvalue weighted by Crippen LogP contribution is 2.17. The molecular weight excluding hydrogens is 240 g/mol. The van der Waals surface area contributed by atoms with E-state index >= 15 is 0 Å². The van der Waals surface area contributed by atoms with Crippen molar-refractivity contribution >= 4 is 11.8 Å². The third kappa shape index (κ3) is 3.54. The number of hydrogen-bond donors (Lipinski definition) is 0. The van der Waals surface area contributed by atoms with E-state index in [1.807, 2.05) is 18.2 Å². The molecule has 0 saturated carbocycles. The van der Waals surface area contributed by atoms with E-state index in [0.717, 1.165) is 18.6 Å². The van der Waals surface area contributed by atoms with Crippen LogP contribution in [0.3, 0.4) is 0 Å². The highest BCUT2D eigenvalue weighted by Gasteiger charge is 1.98. The Bertz CT molecular complexity index is 491. The molecule has 2 heteroatoms. The maximum atomic E-state index is 5.15. The second-order valence-electron chi connectivity index (χ2n) is 4.10. The highest BCUT2D eigenvalue weighted by molar-refractivity contribution is 7.98. The van der Waals surface area contributed by atoms with Crippen LogP contribution in [0.15, 0.2) is 47.4 Å². The summed E-state index contributed by atoms with van der Waals surface area (Å²) in [5, 5.41) is 0. The summed E-state index contributed by atoms with van der Waals surface area (Å²) < 4.78 is 5.15. The Kier molecular flexibility index (Phi) is 4.71. The van der Waals surface area contributed by atoms with Crippen molar-refractivity contribution in [3.05, 3.63) is 59.7 Å². The van der Waals surface area contributed by atoms with Gasteiger partial charge in [0.05, 0.1) is 7.11 Å². The van der Waals surface area contributed by atoms with Crippen molar-refractivity contribution in [1.29, 1.82) is 0 Å². The standard InChI is InChI=1S/C16H17OS/c1-17-15-10-8-13(9-11-15)6-7-14-4-3-5-16(12-14)18-2/h3,5,8-12H,6-7H2,1-2H3. The summed E-state index contributed by atoms with van der Waals surface area (Å²) in [6.07, 6.45) is 4.17. The first kappa shape index (κ1) is 13.0. The van der Waals surface area contributed by atoms with E-state index in [1.165, 1.54) is 16.0 Å². The maximum Gasteiger partial charge on any atom is 0.118 e. The molecule has 2 rings (SSSR count). The van der Waals surface area contributed by atoms with Crippen LogP contribution in [0.1, 0.15) is 11.1 Å². The van der Waals surface area contributed by atoms with Gasteiger partial charge in [-0.15, -0.1) is 11.8 Å². The fourth-order valence-corrected chi connectivity index (χ4v) is 2.30. The van der Waals surface area contributed by atoms with Gasteiger partial charge in [-0.05, 0) is 60.6 Å². The van der Waals surface area contributed by atoms with Gasteiger partial charge >= 0.3 is 0 Å². The molecule has 18 heavy (non-hydrogen) atoms. The van der Waals surface area contributed by atoms with Crippen LogP contribution in [-0.4, -0.2) is 13.4 Å². The number of aryl methyl sites for hydroxylation is 2. The number of benzene rings is 2. The number of rotatable bonds is 5. The number of methoxy groups -OCH3 is 1. The Hall–Kier alpha value is -1.41. The molecule has 1 nitrogen and oxygen atoms in total. The minimum Gasteiger partial charge on any atom is -0.497 e. The Balaban J connectivity index is 1.97. The van der Waals surface area contributed by atoms with Crippen LogP contribution in [0.5, 0.6) is 5.75 Å². The minimum atomic E-state index is 0.912. The lowest BCUT2D eigenvalue weighted by atomic mass is 10.0. The quantitative estimate of drug-likeness (QED) is 0.749. The van der Waals surface area contributed by atoms with Gasteiger partial charge in [-0.2, -0.15) is 0 Å². The van der Waals surface area contributed by atoms with Gasteiger partial charge in [-0.3, -0.25) is 0 Å². The molecule has 2 aromatic rings. The third-order valence-corrected chi connectivity index (χ3v) is 3.64. The summed E-state index contributed by atoms with van der Waals surface area (Å²) >= 11 is 1.77. The Morgan fingerprint density at radius 1 is 1.11 bits per heavy atom. The van der Waals surface area contributed by atoms with Crippen molar-refractivity contribution in [2.75, 3.05) is 13.4 Å². The van der Waals surface area contributed by atoms with Crippen LogP contribution in [0, 0.1) is 6.07 Å². The summed E-state index contributed by atoms with van der Waals surface area (Å²) in [6, 6.07) is 17.9. The van der Waals surface area contributed by atoms with Crippen LogP contribution < -0.4 is 4.74 Å². The summed E-state index contributed by atoms with van der Waals surface area (Å²) in [6.45, 7) is 0. The highest BCUT2D eigenvalue weighted by atomic mass is 32.2. The Morgan fingerprint density at radius 3 is 2.56 bits per heavy atom. The van der Waals surface area contributed by atoms with E-state index < -0.39 is 0 Å². The first-order valence-electron chi connectivity index (χ1n) is 5.99.